The van der Waals surface area contributed by atoms with Crippen molar-refractivity contribution in [2.45, 2.75) is 136 Å². The molecule has 1 aromatic heterocycles. The van der Waals surface area contributed by atoms with Gasteiger partial charge in [0.1, 0.15) is 11.7 Å². The first kappa shape index (κ1) is 43.6. The number of nitrogens with zero attached hydrogens (tertiary/aromatic N) is 3. The molecule has 0 spiro atoms. The van der Waals surface area contributed by atoms with Crippen LogP contribution in [0.1, 0.15) is 93.2 Å². The Kier molecular flexibility index (Phi) is 16.3. The van der Waals surface area contributed by atoms with Gasteiger partial charge in [-0.05, 0) is 89.5 Å². The first-order chi connectivity index (χ1) is 24.3. The van der Waals surface area contributed by atoms with Gasteiger partial charge in [-0.3, -0.25) is 9.78 Å². The average Bonchev–Trinajstić information content (AvgIpc) is 3.07. The van der Waals surface area contributed by atoms with Crippen molar-refractivity contribution in [1.82, 2.24) is 14.8 Å². The lowest BCUT2D eigenvalue weighted by Gasteiger charge is -2.42. The topological polar surface area (TPSA) is 99.7 Å². The van der Waals surface area contributed by atoms with E-state index < -0.39 is 38.5 Å². The number of hydrogen-bond acceptors (Lipinski definition) is 9. The molecule has 7 atom stereocenters. The van der Waals surface area contributed by atoms with Gasteiger partial charge in [0.05, 0.1) is 12.5 Å². The molecule has 52 heavy (non-hydrogen) atoms. The number of carbonyl (C=O) groups is 2. The predicted molar refractivity (Wildman–Crippen MR) is 210 cm³/mol. The number of hydrogen-bond donors (Lipinski definition) is 0. The van der Waals surface area contributed by atoms with E-state index in [1.807, 2.05) is 77.1 Å². The third-order valence-electron chi connectivity index (χ3n) is 10.7. The molecule has 3 rings (SSSR count). The summed E-state index contributed by atoms with van der Waals surface area (Å²) in [7, 11) is -0.238. The molecule has 0 radical (unpaired) electrons. The van der Waals surface area contributed by atoms with E-state index >= 15 is 0 Å². The molecule has 0 bridgehead atoms. The molecular formula is C41H67N3O7Si. The first-order valence-corrected chi connectivity index (χ1v) is 22.0. The zero-order valence-corrected chi connectivity index (χ0v) is 35.0. The van der Waals surface area contributed by atoms with Crippen LogP contribution in [0.3, 0.4) is 0 Å². The van der Waals surface area contributed by atoms with Crippen LogP contribution in [0.4, 0.5) is 4.79 Å². The number of pyridine rings is 1. The standard InChI is InChI=1S/C41H67N3O7Si/c1-13-47-33(5)50-41(9)23-22-34(51-52(11,12)40(6,7)8)29-37(45)49-38(31(3)18-16-17-30(2)35-19-14-15-24-42-35)32(4)20-21-36(41)48-39(46)44-27-25-43(10)26-28-44/h14-21,24,30,32-34,36,38H,13,22-23,25-29H2,1-12H3/b17-16+,21-20-,31-18+/t30-,32+,33?,34-,36+,38-,41-/m1/s1. The van der Waals surface area contributed by atoms with E-state index in [0.29, 0.717) is 32.5 Å². The van der Waals surface area contributed by atoms with Gasteiger partial charge in [-0.2, -0.15) is 0 Å². The number of aromatic nitrogens is 1. The van der Waals surface area contributed by atoms with Crippen LogP contribution in [0, 0.1) is 5.92 Å². The Bertz CT molecular complexity index is 1370. The van der Waals surface area contributed by atoms with Crippen molar-refractivity contribution in [3.05, 3.63) is 66.0 Å². The summed E-state index contributed by atoms with van der Waals surface area (Å²) >= 11 is 0. The van der Waals surface area contributed by atoms with Crippen molar-refractivity contribution in [2.24, 2.45) is 5.92 Å². The third-order valence-corrected chi connectivity index (χ3v) is 15.3. The SMILES string of the molecule is CCOC(C)O[C@]1(C)CC[C@@H](O[Si](C)(C)C(C)(C)C)CC(=O)O[C@H](/C(C)=C/C=C/[C@@H](C)c2ccccn2)[C@@H](C)/C=C\[C@@H]1OC(=O)N1CCN(C)CC1. The molecule has 292 valence electrons. The van der Waals surface area contributed by atoms with Crippen molar-refractivity contribution in [1.29, 1.82) is 0 Å². The predicted octanol–water partition coefficient (Wildman–Crippen LogP) is 8.28. The smallest absolute Gasteiger partial charge is 0.410 e. The van der Waals surface area contributed by atoms with Crippen molar-refractivity contribution >= 4 is 20.4 Å². The van der Waals surface area contributed by atoms with E-state index in [1.165, 1.54) is 0 Å². The van der Waals surface area contributed by atoms with Crippen molar-refractivity contribution in [3.63, 3.8) is 0 Å². The van der Waals surface area contributed by atoms with Gasteiger partial charge in [0.2, 0.25) is 0 Å². The van der Waals surface area contributed by atoms with Crippen molar-refractivity contribution in [3.8, 4) is 0 Å². The van der Waals surface area contributed by atoms with E-state index in [0.717, 1.165) is 24.4 Å². The molecule has 0 N–H and O–H groups in total. The number of amides is 1. The lowest BCUT2D eigenvalue weighted by molar-refractivity contribution is -0.222. The molecule has 0 aliphatic carbocycles. The number of rotatable bonds is 11. The minimum absolute atomic E-state index is 0.0672. The van der Waals surface area contributed by atoms with E-state index in [-0.39, 0.29) is 35.4 Å². The highest BCUT2D eigenvalue weighted by atomic mass is 28.4. The summed E-state index contributed by atoms with van der Waals surface area (Å²) in [6, 6.07) is 5.90. The van der Waals surface area contributed by atoms with Crippen LogP contribution in [-0.2, 0) is 28.2 Å². The second kappa shape index (κ2) is 19.5. The van der Waals surface area contributed by atoms with Crippen LogP contribution in [0.5, 0.6) is 0 Å². The lowest BCUT2D eigenvalue weighted by Crippen LogP contribution is -2.52. The molecule has 0 saturated carbocycles. The van der Waals surface area contributed by atoms with E-state index in [2.05, 4.69) is 63.8 Å². The molecule has 1 amide bonds. The Morgan fingerprint density at radius 1 is 1.15 bits per heavy atom. The highest BCUT2D eigenvalue weighted by molar-refractivity contribution is 6.74. The summed E-state index contributed by atoms with van der Waals surface area (Å²) in [6.45, 7) is 26.0. The van der Waals surface area contributed by atoms with Gasteiger partial charge < -0.3 is 33.2 Å². The minimum Gasteiger partial charge on any atom is -0.457 e. The van der Waals surface area contributed by atoms with Crippen LogP contribution >= 0.6 is 0 Å². The van der Waals surface area contributed by atoms with Crippen molar-refractivity contribution < 1.29 is 33.0 Å². The molecule has 3 heterocycles. The molecule has 2 aliphatic rings. The number of allylic oxidation sites excluding steroid dienone is 3. The molecule has 2 aliphatic heterocycles. The third kappa shape index (κ3) is 12.9. The van der Waals surface area contributed by atoms with Crippen LogP contribution in [-0.4, -0.2) is 105 Å². The van der Waals surface area contributed by atoms with Gasteiger partial charge in [-0.1, -0.05) is 65.0 Å². The van der Waals surface area contributed by atoms with Crippen molar-refractivity contribution in [2.75, 3.05) is 39.8 Å². The lowest BCUT2D eigenvalue weighted by atomic mass is 9.88. The largest absolute Gasteiger partial charge is 0.457 e. The second-order valence-corrected chi connectivity index (χ2v) is 21.0. The van der Waals surface area contributed by atoms with E-state index in [1.54, 1.807) is 11.1 Å². The molecule has 1 fully saturated rings. The highest BCUT2D eigenvalue weighted by Gasteiger charge is 2.44. The summed E-state index contributed by atoms with van der Waals surface area (Å²) in [4.78, 5) is 36.0. The summed E-state index contributed by atoms with van der Waals surface area (Å²) in [6.07, 6.45) is 10.2. The summed E-state index contributed by atoms with van der Waals surface area (Å²) in [5.74, 6) is -0.446. The second-order valence-electron chi connectivity index (χ2n) is 16.3. The highest BCUT2D eigenvalue weighted by Crippen LogP contribution is 2.39. The van der Waals surface area contributed by atoms with E-state index in [9.17, 15) is 9.59 Å². The summed E-state index contributed by atoms with van der Waals surface area (Å²) in [5.41, 5.74) is 0.881. The maximum Gasteiger partial charge on any atom is 0.410 e. The van der Waals surface area contributed by atoms with Gasteiger partial charge >= 0.3 is 12.1 Å². The summed E-state index contributed by atoms with van der Waals surface area (Å²) < 4.78 is 32.1. The Morgan fingerprint density at radius 2 is 1.85 bits per heavy atom. The number of piperazine rings is 1. The Hall–Kier alpha value is -2.83. The maximum absolute atomic E-state index is 13.8. The molecule has 1 unspecified atom stereocenters. The quantitative estimate of drug-likeness (QED) is 0.0730. The van der Waals surface area contributed by atoms with Gasteiger partial charge in [0, 0.05) is 56.5 Å². The Morgan fingerprint density at radius 3 is 2.46 bits per heavy atom. The van der Waals surface area contributed by atoms with Gasteiger partial charge in [-0.25, -0.2) is 4.79 Å². The zero-order chi connectivity index (χ0) is 38.7. The fourth-order valence-electron chi connectivity index (χ4n) is 6.28. The monoisotopic (exact) mass is 741 g/mol. The summed E-state index contributed by atoms with van der Waals surface area (Å²) in [5, 5.41) is -0.0672. The van der Waals surface area contributed by atoms with Gasteiger partial charge in [0.25, 0.3) is 0 Å². The number of ether oxygens (including phenoxy) is 4. The normalized spacial score (nSPS) is 28.0. The Labute approximate surface area is 315 Å². The molecule has 0 aromatic carbocycles. The van der Waals surface area contributed by atoms with Gasteiger partial charge in [-0.15, -0.1) is 0 Å². The number of cyclic esters (lactones) is 1. The molecule has 1 saturated heterocycles. The average molecular weight is 742 g/mol. The fraction of sp³-hybridized carbons (Fsp3) is 0.683. The number of likely N-dealkylation sites (N-methyl/N-ethyl adjacent to an activating group) is 1. The van der Waals surface area contributed by atoms with E-state index in [4.69, 9.17) is 23.4 Å². The van der Waals surface area contributed by atoms with Crippen LogP contribution < -0.4 is 0 Å². The molecule has 11 heteroatoms. The number of carbonyl (C=O) groups excluding carboxylic acids is 2. The first-order valence-electron chi connectivity index (χ1n) is 19.1. The Balaban J connectivity index is 2.05. The van der Waals surface area contributed by atoms with Crippen LogP contribution in [0.15, 0.2) is 60.3 Å². The fourth-order valence-corrected chi connectivity index (χ4v) is 7.67. The number of esters is 1. The molecular weight excluding hydrogens is 675 g/mol. The van der Waals surface area contributed by atoms with Gasteiger partial charge in [0.15, 0.2) is 20.7 Å². The minimum atomic E-state index is -2.29. The van der Waals surface area contributed by atoms with Crippen LogP contribution in [0.2, 0.25) is 18.1 Å². The van der Waals surface area contributed by atoms with Crippen LogP contribution in [0.25, 0.3) is 0 Å². The zero-order valence-electron chi connectivity index (χ0n) is 34.0. The maximum atomic E-state index is 13.8. The molecule has 1 aromatic rings. The molecule has 10 nitrogen and oxygen atoms in total.